The minimum absolute atomic E-state index is 0.876. The molecule has 8 nitrogen and oxygen atoms in total. The Hall–Kier alpha value is -14.1. The first-order valence-electron chi connectivity index (χ1n) is 35.9. The van der Waals surface area contributed by atoms with E-state index in [0.717, 1.165) is 182 Å². The molecule has 6 aromatic heterocycles. The number of nitrogens with zero attached hydrogens (tertiary/aromatic N) is 6. The van der Waals surface area contributed by atoms with Crippen LogP contribution in [0.3, 0.4) is 0 Å². The van der Waals surface area contributed by atoms with E-state index in [0.29, 0.717) is 0 Å². The molecule has 0 N–H and O–H groups in total. The summed E-state index contributed by atoms with van der Waals surface area (Å²) >= 11 is 1.87. The molecule has 107 heavy (non-hydrogen) atoms. The van der Waals surface area contributed by atoms with E-state index in [1.165, 1.54) is 36.3 Å². The number of para-hydroxylation sites is 4. The second-order valence-corrected chi connectivity index (χ2v) is 28.1. The summed E-state index contributed by atoms with van der Waals surface area (Å²) in [5, 5.41) is 18.7. The molecule has 17 aromatic carbocycles. The lowest BCUT2D eigenvalue weighted by Crippen LogP contribution is -1.96. The van der Waals surface area contributed by atoms with Crippen LogP contribution in [-0.4, -0.2) is 29.9 Å². The third-order valence-corrected chi connectivity index (χ3v) is 22.0. The first-order valence-corrected chi connectivity index (χ1v) is 36.7. The van der Waals surface area contributed by atoms with Gasteiger partial charge >= 0.3 is 0 Å². The summed E-state index contributed by atoms with van der Waals surface area (Å²) in [6, 6.07) is 122. The number of benzene rings is 17. The number of fused-ring (bicyclic) bond motifs is 22. The van der Waals surface area contributed by atoms with Crippen molar-refractivity contribution in [3.8, 4) is 67.5 Å². The fourth-order valence-electron chi connectivity index (χ4n) is 15.6. The van der Waals surface area contributed by atoms with Gasteiger partial charge < -0.3 is 8.83 Å². The van der Waals surface area contributed by atoms with E-state index in [2.05, 4.69) is 255 Å². The summed E-state index contributed by atoms with van der Waals surface area (Å²) in [5.74, 6) is 0. The summed E-state index contributed by atoms with van der Waals surface area (Å²) in [7, 11) is 0. The first kappa shape index (κ1) is 61.5. The summed E-state index contributed by atoms with van der Waals surface area (Å²) in [5.41, 5.74) is 20.8. The quantitative estimate of drug-likeness (QED) is 0.152. The van der Waals surface area contributed by atoms with E-state index < -0.39 is 0 Å². The lowest BCUT2D eigenvalue weighted by molar-refractivity contribution is 0.672. The van der Waals surface area contributed by atoms with Crippen molar-refractivity contribution in [3.05, 3.63) is 352 Å². The molecule has 0 atom stereocenters. The molecule has 0 amide bonds. The van der Waals surface area contributed by atoms with Crippen LogP contribution in [0, 0.1) is 0 Å². The molecule has 23 aromatic rings. The van der Waals surface area contributed by atoms with Gasteiger partial charge in [0.1, 0.15) is 22.3 Å². The Morgan fingerprint density at radius 3 is 1.02 bits per heavy atom. The fourth-order valence-corrected chi connectivity index (χ4v) is 16.8. The van der Waals surface area contributed by atoms with E-state index in [1.807, 2.05) is 108 Å². The van der Waals surface area contributed by atoms with Crippen molar-refractivity contribution in [2.45, 2.75) is 0 Å². The number of hydrogen-bond donors (Lipinski definition) is 0. The highest BCUT2D eigenvalue weighted by Gasteiger charge is 2.21. The molecule has 0 unspecified atom stereocenters. The first-order chi connectivity index (χ1) is 53.0. The van der Waals surface area contributed by atoms with Gasteiger partial charge in [-0.1, -0.05) is 267 Å². The summed E-state index contributed by atoms with van der Waals surface area (Å²) in [6.07, 6.45) is 0. The maximum absolute atomic E-state index is 6.27. The number of thiophene rings is 1. The Balaban J connectivity index is 0.000000103. The highest BCUT2D eigenvalue weighted by atomic mass is 32.1. The van der Waals surface area contributed by atoms with Crippen LogP contribution in [0.4, 0.5) is 0 Å². The van der Waals surface area contributed by atoms with Gasteiger partial charge in [-0.3, -0.25) is 0 Å². The smallest absolute Gasteiger partial charge is 0.143 e. The second-order valence-electron chi connectivity index (χ2n) is 27.1. The van der Waals surface area contributed by atoms with Gasteiger partial charge in [-0.05, 0) is 117 Å². The molecule has 6 heterocycles. The molecule has 9 heteroatoms. The lowest BCUT2D eigenvalue weighted by atomic mass is 9.99. The van der Waals surface area contributed by atoms with E-state index in [4.69, 9.17) is 38.7 Å². The van der Waals surface area contributed by atoms with Crippen molar-refractivity contribution in [2.24, 2.45) is 0 Å². The van der Waals surface area contributed by atoms with E-state index in [-0.39, 0.29) is 0 Å². The monoisotopic (exact) mass is 1380 g/mol. The Morgan fingerprint density at radius 1 is 0.196 bits per heavy atom. The van der Waals surface area contributed by atoms with Crippen molar-refractivity contribution >= 4 is 162 Å². The summed E-state index contributed by atoms with van der Waals surface area (Å²) in [4.78, 5) is 30.9. The average molecular weight is 1380 g/mol. The van der Waals surface area contributed by atoms with E-state index in [1.54, 1.807) is 0 Å². The molecule has 0 aliphatic carbocycles. The van der Waals surface area contributed by atoms with Gasteiger partial charge in [0.2, 0.25) is 0 Å². The molecule has 0 saturated heterocycles. The standard InChI is InChI=1S/C34H20N2O.C34H20N2S.C30H18N2O/c1-2-9-22(10-3-1)31-32(35-29-19-16-21-8-4-5-11-25(21)33(29)36-31)24-15-17-26-23(20-24)14-18-28-27-12-6-7-13-30(27)37-34(26)28;1-2-9-22(10-3-1)31-32(36-33-25-11-5-4-8-21(25)16-19-29(33)35-31)24-15-17-26-23(20-24)14-18-28-27-12-6-7-13-30(27)37-34(26)28;1-2-8-19(9-3-1)28-29(32-26-12-6-5-11-25(26)31-28)21-15-16-22-20(18-21)14-17-24-23-10-4-7-13-27(23)33-30(22)24/h2*1-20H;1-18H. The second kappa shape index (κ2) is 25.4. The molecular formula is C98H58N6O2S. The van der Waals surface area contributed by atoms with Crippen LogP contribution < -0.4 is 0 Å². The van der Waals surface area contributed by atoms with Crippen LogP contribution in [-0.2, 0) is 0 Å². The van der Waals surface area contributed by atoms with Crippen molar-refractivity contribution < 1.29 is 8.83 Å². The normalized spacial score (nSPS) is 11.7. The zero-order valence-corrected chi connectivity index (χ0v) is 58.2. The SMILES string of the molecule is c1ccc(-c2nc3c(ccc4ccccc43)nc2-c2ccc3c(ccc4c5ccccc5oc34)c2)cc1.c1ccc(-c2nc3ccc4ccccc4c3nc2-c2ccc3c(ccc4c5ccccc5sc34)c2)cc1.c1ccc(-c2nc3ccccc3nc2-c2ccc3c(ccc4c5ccccc5oc34)c2)cc1. The van der Waals surface area contributed by atoms with Crippen LogP contribution in [0.1, 0.15) is 0 Å². The van der Waals surface area contributed by atoms with Gasteiger partial charge in [0.15, 0.2) is 0 Å². The fraction of sp³-hybridized carbons (Fsp3) is 0. The molecule has 23 rings (SSSR count). The van der Waals surface area contributed by atoms with Crippen molar-refractivity contribution in [2.75, 3.05) is 0 Å². The van der Waals surface area contributed by atoms with Crippen LogP contribution in [0.25, 0.3) is 219 Å². The van der Waals surface area contributed by atoms with Gasteiger partial charge in [0.25, 0.3) is 0 Å². The maximum Gasteiger partial charge on any atom is 0.143 e. The van der Waals surface area contributed by atoms with Crippen LogP contribution in [0.5, 0.6) is 0 Å². The minimum atomic E-state index is 0.876. The average Bonchev–Trinajstić information content (AvgIpc) is 1.71. The predicted molar refractivity (Wildman–Crippen MR) is 446 cm³/mol. The van der Waals surface area contributed by atoms with Gasteiger partial charge in [-0.25, -0.2) is 29.9 Å². The van der Waals surface area contributed by atoms with E-state index in [9.17, 15) is 0 Å². The topological polar surface area (TPSA) is 104 Å². The third-order valence-electron chi connectivity index (χ3n) is 20.7. The zero-order chi connectivity index (χ0) is 70.5. The molecular weight excluding hydrogens is 1330 g/mol. The largest absolute Gasteiger partial charge is 0.455 e. The van der Waals surface area contributed by atoms with Gasteiger partial charge in [-0.15, -0.1) is 11.3 Å². The Morgan fingerprint density at radius 2 is 0.533 bits per heavy atom. The number of rotatable bonds is 6. The maximum atomic E-state index is 6.27. The Kier molecular flexibility index (Phi) is 14.6. The predicted octanol–water partition coefficient (Wildman–Crippen LogP) is 26.8. The number of aromatic nitrogens is 6. The zero-order valence-electron chi connectivity index (χ0n) is 57.4. The van der Waals surface area contributed by atoms with E-state index >= 15 is 0 Å². The van der Waals surface area contributed by atoms with Gasteiger partial charge in [0.05, 0.1) is 67.3 Å². The van der Waals surface area contributed by atoms with Crippen LogP contribution in [0.15, 0.2) is 361 Å². The Labute approximate surface area is 616 Å². The van der Waals surface area contributed by atoms with Crippen LogP contribution >= 0.6 is 11.3 Å². The van der Waals surface area contributed by atoms with Crippen molar-refractivity contribution in [3.63, 3.8) is 0 Å². The summed E-state index contributed by atoms with van der Waals surface area (Å²) < 4.78 is 15.2. The molecule has 0 fully saturated rings. The summed E-state index contributed by atoms with van der Waals surface area (Å²) in [6.45, 7) is 0. The van der Waals surface area contributed by atoms with Crippen LogP contribution in [0.2, 0.25) is 0 Å². The van der Waals surface area contributed by atoms with Crippen molar-refractivity contribution in [1.82, 2.24) is 29.9 Å². The number of furan rings is 2. The van der Waals surface area contributed by atoms with Gasteiger partial charge in [0, 0.05) is 96.6 Å². The highest BCUT2D eigenvalue weighted by Crippen LogP contribution is 2.44. The van der Waals surface area contributed by atoms with Gasteiger partial charge in [-0.2, -0.15) is 0 Å². The molecule has 0 radical (unpaired) electrons. The highest BCUT2D eigenvalue weighted by molar-refractivity contribution is 7.26. The molecule has 0 bridgehead atoms. The Bertz CT molecular complexity index is 7520. The molecule has 498 valence electrons. The molecule has 0 aliphatic rings. The molecule has 0 spiro atoms. The third kappa shape index (κ3) is 10.7. The number of hydrogen-bond acceptors (Lipinski definition) is 9. The van der Waals surface area contributed by atoms with Crippen molar-refractivity contribution in [1.29, 1.82) is 0 Å². The lowest BCUT2D eigenvalue weighted by Gasteiger charge is -2.13. The minimum Gasteiger partial charge on any atom is -0.455 e. The molecule has 0 saturated carbocycles. The molecule has 0 aliphatic heterocycles.